The molecule has 2 saturated heterocycles. The second kappa shape index (κ2) is 10.4. The van der Waals surface area contributed by atoms with Gasteiger partial charge in [-0.2, -0.15) is 0 Å². The quantitative estimate of drug-likeness (QED) is 0.235. The zero-order chi connectivity index (χ0) is 27.4. The molecule has 3 unspecified atom stereocenters. The standard InChI is InChI=1S/C28H23Cl3N2O5S/c1-2-37-28(36)21-18-5-3-4-6-20(18)39-27(21)32-25(34)22-23(17-12-9-15(30)13-19(17)31)33(38-24(22)26(32)35)16-10-7-14(29)8-11-16/h7-13,22-24H,2-6H2,1H3. The first-order chi connectivity index (χ1) is 18.8. The van der Waals surface area contributed by atoms with Gasteiger partial charge in [0.15, 0.2) is 6.10 Å². The van der Waals surface area contributed by atoms with Crippen LogP contribution < -0.4 is 9.96 Å². The third-order valence-corrected chi connectivity index (χ3v) is 9.40. The zero-order valence-corrected chi connectivity index (χ0v) is 23.9. The van der Waals surface area contributed by atoms with E-state index in [1.807, 2.05) is 0 Å². The van der Waals surface area contributed by atoms with Gasteiger partial charge in [0.2, 0.25) is 5.91 Å². The molecule has 0 spiro atoms. The van der Waals surface area contributed by atoms with E-state index in [4.69, 9.17) is 44.4 Å². The molecule has 202 valence electrons. The number of halogens is 3. The smallest absolute Gasteiger partial charge is 0.341 e. The van der Waals surface area contributed by atoms with E-state index in [1.54, 1.807) is 54.5 Å². The van der Waals surface area contributed by atoms with Crippen molar-refractivity contribution in [2.24, 2.45) is 5.92 Å². The number of nitrogens with zero attached hydrogens (tertiary/aromatic N) is 2. The lowest BCUT2D eigenvalue weighted by molar-refractivity contribution is -0.126. The van der Waals surface area contributed by atoms with E-state index in [0.717, 1.165) is 34.6 Å². The number of rotatable bonds is 5. The van der Waals surface area contributed by atoms with E-state index >= 15 is 0 Å². The average Bonchev–Trinajstić information content (AvgIpc) is 3.55. The van der Waals surface area contributed by atoms with Crippen molar-refractivity contribution in [1.29, 1.82) is 0 Å². The topological polar surface area (TPSA) is 76.2 Å². The highest BCUT2D eigenvalue weighted by molar-refractivity contribution is 7.17. The van der Waals surface area contributed by atoms with Crippen LogP contribution in [0.1, 0.15) is 52.2 Å². The number of ether oxygens (including phenoxy) is 1. The van der Waals surface area contributed by atoms with Gasteiger partial charge in [-0.3, -0.25) is 14.4 Å². The summed E-state index contributed by atoms with van der Waals surface area (Å²) in [5.41, 5.74) is 2.38. The van der Waals surface area contributed by atoms with Crippen LogP contribution in [0.2, 0.25) is 15.1 Å². The van der Waals surface area contributed by atoms with Crippen LogP contribution in [0.3, 0.4) is 0 Å². The summed E-state index contributed by atoms with van der Waals surface area (Å²) in [4.78, 5) is 49.6. The van der Waals surface area contributed by atoms with Gasteiger partial charge >= 0.3 is 5.97 Å². The Balaban J connectivity index is 1.46. The Bertz CT molecular complexity index is 1490. The van der Waals surface area contributed by atoms with Gasteiger partial charge in [0.1, 0.15) is 10.9 Å². The lowest BCUT2D eigenvalue weighted by Crippen LogP contribution is -2.37. The number of hydroxylamine groups is 1. The molecule has 2 amide bonds. The first kappa shape index (κ1) is 26.6. The van der Waals surface area contributed by atoms with Crippen molar-refractivity contribution in [2.45, 2.75) is 44.8 Å². The summed E-state index contributed by atoms with van der Waals surface area (Å²) in [6.07, 6.45) is 2.29. The van der Waals surface area contributed by atoms with E-state index < -0.39 is 35.8 Å². The molecule has 1 aliphatic carbocycles. The van der Waals surface area contributed by atoms with E-state index in [-0.39, 0.29) is 6.61 Å². The molecule has 3 atom stereocenters. The SMILES string of the molecule is CCOC(=O)c1c(N2C(=O)C3ON(c4ccc(Cl)cc4)C(c4ccc(Cl)cc4Cl)C3C2=O)sc2c1CCCC2. The monoisotopic (exact) mass is 604 g/mol. The molecule has 2 aromatic carbocycles. The molecule has 2 fully saturated rings. The largest absolute Gasteiger partial charge is 0.462 e. The Labute approximate surface area is 244 Å². The number of hydrogen-bond donors (Lipinski definition) is 0. The van der Waals surface area contributed by atoms with Gasteiger partial charge in [-0.15, -0.1) is 11.3 Å². The third-order valence-electron chi connectivity index (χ3n) is 7.31. The summed E-state index contributed by atoms with van der Waals surface area (Å²) in [5.74, 6) is -2.42. The van der Waals surface area contributed by atoms with Gasteiger partial charge in [-0.25, -0.2) is 14.8 Å². The fraction of sp³-hybridized carbons (Fsp3) is 0.321. The molecule has 7 nitrogen and oxygen atoms in total. The molecule has 6 rings (SSSR count). The number of imide groups is 1. The van der Waals surface area contributed by atoms with Gasteiger partial charge in [0, 0.05) is 19.9 Å². The number of benzene rings is 2. The van der Waals surface area contributed by atoms with Crippen LogP contribution in [0.15, 0.2) is 42.5 Å². The van der Waals surface area contributed by atoms with E-state index in [1.165, 1.54) is 11.3 Å². The van der Waals surface area contributed by atoms with E-state index in [2.05, 4.69) is 0 Å². The van der Waals surface area contributed by atoms with E-state index in [0.29, 0.717) is 43.3 Å². The number of hydrogen-bond acceptors (Lipinski definition) is 7. The highest BCUT2D eigenvalue weighted by Gasteiger charge is 2.61. The van der Waals surface area contributed by atoms with E-state index in [9.17, 15) is 14.4 Å². The lowest BCUT2D eigenvalue weighted by atomic mass is 9.90. The lowest BCUT2D eigenvalue weighted by Gasteiger charge is -2.29. The summed E-state index contributed by atoms with van der Waals surface area (Å²) in [6.45, 7) is 1.92. The van der Waals surface area contributed by atoms with Crippen molar-refractivity contribution in [1.82, 2.24) is 0 Å². The Hall–Kier alpha value is -2.62. The second-order valence-electron chi connectivity index (χ2n) is 9.59. The maximum atomic E-state index is 14.2. The minimum absolute atomic E-state index is 0.187. The number of amides is 2. The number of anilines is 2. The molecule has 3 heterocycles. The highest BCUT2D eigenvalue weighted by atomic mass is 35.5. The van der Waals surface area contributed by atoms with Crippen molar-refractivity contribution in [3.05, 3.63) is 79.1 Å². The Morgan fingerprint density at radius 1 is 1.03 bits per heavy atom. The summed E-state index contributed by atoms with van der Waals surface area (Å²) in [7, 11) is 0. The molecule has 11 heteroatoms. The number of fused-ring (bicyclic) bond motifs is 2. The third kappa shape index (κ3) is 4.43. The Morgan fingerprint density at radius 2 is 1.74 bits per heavy atom. The fourth-order valence-corrected chi connectivity index (χ4v) is 7.64. The molecule has 0 N–H and O–H groups in total. The van der Waals surface area contributed by atoms with Crippen LogP contribution >= 0.6 is 46.1 Å². The average molecular weight is 606 g/mol. The molecule has 39 heavy (non-hydrogen) atoms. The molecular formula is C28H23Cl3N2O5S. The molecule has 1 aromatic heterocycles. The minimum Gasteiger partial charge on any atom is -0.462 e. The molecule has 2 aliphatic heterocycles. The van der Waals surface area contributed by atoms with Gasteiger partial charge < -0.3 is 4.74 Å². The summed E-state index contributed by atoms with van der Waals surface area (Å²) < 4.78 is 5.36. The van der Waals surface area contributed by atoms with Crippen molar-refractivity contribution in [3.8, 4) is 0 Å². The van der Waals surface area contributed by atoms with Gasteiger partial charge in [0.05, 0.1) is 23.9 Å². The minimum atomic E-state index is -1.11. The predicted molar refractivity (Wildman–Crippen MR) is 151 cm³/mol. The molecule has 0 saturated carbocycles. The van der Waals surface area contributed by atoms with Crippen molar-refractivity contribution < 1.29 is 24.0 Å². The maximum Gasteiger partial charge on any atom is 0.341 e. The summed E-state index contributed by atoms with van der Waals surface area (Å²) in [6, 6.07) is 11.2. The number of carbonyl (C=O) groups excluding carboxylic acids is 3. The van der Waals surface area contributed by atoms with Crippen LogP contribution in [-0.4, -0.2) is 30.5 Å². The number of aryl methyl sites for hydroxylation is 1. The van der Waals surface area contributed by atoms with Crippen molar-refractivity contribution in [3.63, 3.8) is 0 Å². The van der Waals surface area contributed by atoms with Crippen LogP contribution in [0.5, 0.6) is 0 Å². The van der Waals surface area contributed by atoms with Crippen LogP contribution in [0.4, 0.5) is 10.7 Å². The highest BCUT2D eigenvalue weighted by Crippen LogP contribution is 2.51. The number of thiophene rings is 1. The van der Waals surface area contributed by atoms with Crippen molar-refractivity contribution >= 4 is 74.6 Å². The molecule has 0 radical (unpaired) electrons. The predicted octanol–water partition coefficient (Wildman–Crippen LogP) is 6.81. The number of esters is 1. The first-order valence-electron chi connectivity index (χ1n) is 12.7. The van der Waals surface area contributed by atoms with Crippen LogP contribution in [0, 0.1) is 5.92 Å². The van der Waals surface area contributed by atoms with Gasteiger partial charge in [0.25, 0.3) is 5.91 Å². The maximum absolute atomic E-state index is 14.2. The summed E-state index contributed by atoms with van der Waals surface area (Å²) >= 11 is 20.2. The first-order valence-corrected chi connectivity index (χ1v) is 14.6. The molecule has 0 bridgehead atoms. The van der Waals surface area contributed by atoms with Crippen molar-refractivity contribution in [2.75, 3.05) is 16.6 Å². The molecule has 3 aromatic rings. The van der Waals surface area contributed by atoms with Crippen LogP contribution in [-0.2, 0) is 32.0 Å². The second-order valence-corrected chi connectivity index (χ2v) is 12.0. The van der Waals surface area contributed by atoms with Crippen LogP contribution in [0.25, 0.3) is 0 Å². The van der Waals surface area contributed by atoms with Gasteiger partial charge in [-0.1, -0.05) is 40.9 Å². The number of carbonyl (C=O) groups is 3. The molecular weight excluding hydrogens is 583 g/mol. The zero-order valence-electron chi connectivity index (χ0n) is 20.8. The Morgan fingerprint density at radius 3 is 2.46 bits per heavy atom. The normalized spacial score (nSPS) is 22.3. The van der Waals surface area contributed by atoms with Gasteiger partial charge in [-0.05, 0) is 80.1 Å². The fourth-order valence-electron chi connectivity index (χ4n) is 5.61. The molecule has 3 aliphatic rings. The summed E-state index contributed by atoms with van der Waals surface area (Å²) in [5, 5.41) is 3.17. The Kier molecular flexibility index (Phi) is 7.10.